The summed E-state index contributed by atoms with van der Waals surface area (Å²) in [5, 5.41) is 0. The number of hydrogen-bond donors (Lipinski definition) is 0. The van der Waals surface area contributed by atoms with E-state index in [9.17, 15) is 11.7 Å². The van der Waals surface area contributed by atoms with Gasteiger partial charge in [-0.25, -0.2) is 0 Å². The van der Waals surface area contributed by atoms with Gasteiger partial charge in [-0.3, -0.25) is 0 Å². The number of hydrogen-bond acceptors (Lipinski definition) is 0. The summed E-state index contributed by atoms with van der Waals surface area (Å²) in [6, 6.07) is 26.0. The topological polar surface area (TPSA) is 0 Å². The van der Waals surface area contributed by atoms with E-state index in [0.717, 1.165) is 0 Å². The number of halogens is 9. The molecule has 0 fully saturated rings. The molecule has 3 atom stereocenters. The van der Waals surface area contributed by atoms with Crippen molar-refractivity contribution in [2.75, 3.05) is 0 Å². The molecule has 0 aliphatic rings. The lowest BCUT2D eigenvalue weighted by atomic mass is 10.4. The Balaban J connectivity index is -0.000000347. The van der Waals surface area contributed by atoms with Gasteiger partial charge >= 0.3 is 31.5 Å². The van der Waals surface area contributed by atoms with E-state index in [-0.39, 0.29) is 14.1 Å². The molecule has 3 aromatic carbocycles. The monoisotopic (exact) mass is 546 g/mol. The maximum absolute atomic E-state index is 12.2. The highest BCUT2D eigenvalue weighted by Crippen LogP contribution is 2.18. The molecule has 0 bridgehead atoms. The third kappa shape index (κ3) is 15.0. The van der Waals surface area contributed by atoms with Gasteiger partial charge in [-0.1, -0.05) is 54.6 Å². The van der Waals surface area contributed by atoms with Gasteiger partial charge in [0.1, 0.15) is 0 Å². The van der Waals surface area contributed by atoms with Crippen LogP contribution >= 0.6 is 32.0 Å². The van der Waals surface area contributed by atoms with Crippen LogP contribution in [-0.4, -0.2) is 0 Å². The van der Waals surface area contributed by atoms with Crippen molar-refractivity contribution in [1.82, 2.24) is 0 Å². The lowest BCUT2D eigenvalue weighted by Gasteiger charge is -1.81. The fraction of sp³-hybridized carbons (Fsp3) is 0. The molecule has 0 radical (unpaired) electrons. The van der Waals surface area contributed by atoms with Crippen molar-refractivity contribution in [1.29, 1.82) is 0 Å². The molecule has 0 heterocycles. The van der Waals surface area contributed by atoms with Gasteiger partial charge in [-0.2, -0.15) is 0 Å². The summed E-state index contributed by atoms with van der Waals surface area (Å²) in [4.78, 5) is 1.62. The minimum absolute atomic E-state index is 0. The van der Waals surface area contributed by atoms with Crippen LogP contribution in [0.3, 0.4) is 0 Å². The van der Waals surface area contributed by atoms with Crippen LogP contribution in [0, 0.1) is 0 Å². The maximum Gasteiger partial charge on any atom is 0.358 e. The smallest absolute Gasteiger partial charge is 0.358 e. The molecule has 0 spiro atoms. The first-order valence-electron chi connectivity index (χ1n) is 7.27. The Hall–Kier alpha value is -0.840. The van der Waals surface area contributed by atoms with Gasteiger partial charge in [0, 0.05) is 11.7 Å². The van der Waals surface area contributed by atoms with Gasteiger partial charge in [0.15, 0.2) is 0 Å². The maximum atomic E-state index is 12.2. The molecule has 0 N–H and O–H groups in total. The molecule has 0 aromatic heterocycles. The van der Waals surface area contributed by atoms with Crippen LogP contribution in [0.25, 0.3) is 0 Å². The zero-order valence-corrected chi connectivity index (χ0v) is 19.5. The van der Waals surface area contributed by atoms with Crippen LogP contribution < -0.4 is 14.1 Å². The molecule has 0 aliphatic carbocycles. The van der Waals surface area contributed by atoms with Gasteiger partial charge in [0.25, 0.3) is 0 Å². The van der Waals surface area contributed by atoms with Crippen molar-refractivity contribution < 1.29 is 25.8 Å². The quantitative estimate of drug-likeness (QED) is 0.295. The van der Waals surface area contributed by atoms with Crippen LogP contribution in [0.4, 0.5) is 11.7 Å². The van der Waals surface area contributed by atoms with E-state index in [4.69, 9.17) is 32.0 Å². The van der Waals surface area contributed by atoms with Crippen LogP contribution in [0.1, 0.15) is 0 Å². The predicted molar refractivity (Wildman–Crippen MR) is 117 cm³/mol. The van der Waals surface area contributed by atoms with Crippen molar-refractivity contribution in [3.05, 3.63) is 91.0 Å². The zero-order valence-electron chi connectivity index (χ0n) is 14.8. The van der Waals surface area contributed by atoms with Gasteiger partial charge < -0.3 is 14.1 Å². The summed E-state index contributed by atoms with van der Waals surface area (Å²) < 4.78 is 36.7. The van der Waals surface area contributed by atoms with Crippen molar-refractivity contribution >= 4 is 63.5 Å². The van der Waals surface area contributed by atoms with Crippen LogP contribution in [-0.2, 0) is 31.5 Å². The molecule has 30 heavy (non-hydrogen) atoms. The minimum atomic E-state index is -1.61. The first-order valence-corrected chi connectivity index (χ1v) is 13.1. The van der Waals surface area contributed by atoms with Crippen molar-refractivity contribution in [2.24, 2.45) is 0 Å². The Kier molecular flexibility index (Phi) is 22.6. The van der Waals surface area contributed by atoms with Crippen LogP contribution in [0.2, 0.25) is 0 Å². The first kappa shape index (κ1) is 33.8. The third-order valence-electron chi connectivity index (χ3n) is 2.76. The van der Waals surface area contributed by atoms with E-state index in [0.29, 0.717) is 14.7 Å². The van der Waals surface area contributed by atoms with E-state index in [1.54, 1.807) is 72.8 Å². The molecule has 0 amide bonds. The van der Waals surface area contributed by atoms with E-state index in [2.05, 4.69) is 0 Å². The highest BCUT2D eigenvalue weighted by atomic mass is 35.7. The molecule has 0 nitrogen and oxygen atoms in total. The summed E-state index contributed by atoms with van der Waals surface area (Å²) in [6.07, 6.45) is 0. The minimum Gasteiger partial charge on any atom is -1.00 e. The summed E-state index contributed by atoms with van der Waals surface area (Å²) in [5.41, 5.74) is 0. The van der Waals surface area contributed by atoms with Crippen molar-refractivity contribution in [2.45, 2.75) is 14.7 Å². The highest BCUT2D eigenvalue weighted by Gasteiger charge is 2.19. The Bertz CT molecular complexity index is 639. The average Bonchev–Trinajstić information content (AvgIpc) is 2.71. The molecule has 0 aliphatic heterocycles. The lowest BCUT2D eigenvalue weighted by molar-refractivity contribution is -0.00100. The molecular weight excluding hydrogens is 533 g/mol. The second kappa shape index (κ2) is 20.1. The molecule has 0 saturated carbocycles. The Morgan fingerprint density at radius 1 is 0.400 bits per heavy atom. The zero-order chi connectivity index (χ0) is 20.1. The normalized spacial score (nSPS) is 11.8. The Morgan fingerprint density at radius 3 is 0.667 bits per heavy atom. The predicted octanol–water partition coefficient (Wildman–Crippen LogP) is -0.882. The summed E-state index contributed by atoms with van der Waals surface area (Å²) in [6.45, 7) is 0. The van der Waals surface area contributed by atoms with Gasteiger partial charge in [0.2, 0.25) is 46.7 Å². The van der Waals surface area contributed by atoms with Gasteiger partial charge in [0.05, 0.1) is 0 Å². The van der Waals surface area contributed by atoms with E-state index < -0.39 is 31.5 Å². The third-order valence-corrected chi connectivity index (χ3v) is 6.25. The molecule has 12 heteroatoms. The number of benzene rings is 3. The summed E-state index contributed by atoms with van der Waals surface area (Å²) in [5.74, 6) is 0. The Labute approximate surface area is 194 Å². The van der Waals surface area contributed by atoms with Gasteiger partial charge in [-0.15, -0.1) is 0 Å². The highest BCUT2D eigenvalue weighted by molar-refractivity contribution is 8.14. The molecule has 3 aromatic rings. The number of rotatable bonds is 3. The molecule has 3 unspecified atom stereocenters. The SMILES string of the molecule is F[S+](Cl)c1ccccc1.F[S+](Cl)c1ccccc1.F[S+](Cl)c1ccccc1.[F-].[F-].[F-]. The molecule has 3 rings (SSSR count). The largest absolute Gasteiger partial charge is 1.00 e. The van der Waals surface area contributed by atoms with E-state index in [1.165, 1.54) is 0 Å². The van der Waals surface area contributed by atoms with Gasteiger partial charge in [-0.05, 0) is 36.4 Å². The summed E-state index contributed by atoms with van der Waals surface area (Å²) >= 11 is 0. The van der Waals surface area contributed by atoms with Crippen LogP contribution in [0.15, 0.2) is 106 Å². The Morgan fingerprint density at radius 2 is 0.567 bits per heavy atom. The second-order valence-corrected chi connectivity index (χ2v) is 9.71. The second-order valence-electron chi connectivity index (χ2n) is 4.58. The molecule has 0 saturated heterocycles. The van der Waals surface area contributed by atoms with E-state index in [1.807, 2.05) is 18.2 Å². The van der Waals surface area contributed by atoms with Crippen molar-refractivity contribution in [3.8, 4) is 0 Å². The average molecular weight is 548 g/mol. The first-order chi connectivity index (χ1) is 12.9. The lowest BCUT2D eigenvalue weighted by Crippen LogP contribution is -3.00. The standard InChI is InChI=1S/3C6H5ClFS.3FH/c3*7-9(8)6-4-2-1-3-5-6;;;/h3*1-5H;3*1H/q3*+1;;;/p-3. The molecule has 168 valence electrons. The summed E-state index contributed by atoms with van der Waals surface area (Å²) in [7, 11) is 10.7. The fourth-order valence-electron chi connectivity index (χ4n) is 1.57. The molecular formula is C18H15Cl3F6S3. The fourth-order valence-corrected chi connectivity index (χ4v) is 3.58. The van der Waals surface area contributed by atoms with Crippen LogP contribution in [0.5, 0.6) is 0 Å². The van der Waals surface area contributed by atoms with E-state index >= 15 is 0 Å². The van der Waals surface area contributed by atoms with Crippen molar-refractivity contribution in [3.63, 3.8) is 0 Å².